The van der Waals surface area contributed by atoms with Gasteiger partial charge in [0.25, 0.3) is 5.91 Å². The summed E-state index contributed by atoms with van der Waals surface area (Å²) in [6.07, 6.45) is 1.87. The summed E-state index contributed by atoms with van der Waals surface area (Å²) in [5, 5.41) is 20.1. The van der Waals surface area contributed by atoms with Gasteiger partial charge in [-0.15, -0.1) is 0 Å². The van der Waals surface area contributed by atoms with E-state index in [4.69, 9.17) is 10.1 Å². The Morgan fingerprint density at radius 2 is 1.95 bits per heavy atom. The van der Waals surface area contributed by atoms with Gasteiger partial charge < -0.3 is 29.6 Å². The molecule has 0 saturated heterocycles. The summed E-state index contributed by atoms with van der Waals surface area (Å²) < 4.78 is 14.5. The van der Waals surface area contributed by atoms with Gasteiger partial charge in [0.2, 0.25) is 5.88 Å². The second-order valence-corrected chi connectivity index (χ2v) is 8.31. The minimum absolute atomic E-state index is 0.00297. The van der Waals surface area contributed by atoms with E-state index < -0.39 is 23.9 Å². The molecule has 2 aromatic heterocycles. The van der Waals surface area contributed by atoms with E-state index in [1.807, 2.05) is 6.07 Å². The van der Waals surface area contributed by atoms with E-state index in [2.05, 4.69) is 29.7 Å². The van der Waals surface area contributed by atoms with Gasteiger partial charge in [-0.05, 0) is 54.4 Å². The van der Waals surface area contributed by atoms with Crippen molar-refractivity contribution in [3.8, 4) is 34.1 Å². The zero-order chi connectivity index (χ0) is 27.9. The number of methoxy groups -OCH3 is 2. The van der Waals surface area contributed by atoms with Gasteiger partial charge in [-0.1, -0.05) is 6.07 Å². The number of carbonyl (C=O) groups excluding carboxylic acids is 3. The van der Waals surface area contributed by atoms with Crippen LogP contribution in [0.25, 0.3) is 33.5 Å². The quantitative estimate of drug-likeness (QED) is 0.136. The number of aromatic hydroxyl groups is 1. The van der Waals surface area contributed by atoms with Crippen LogP contribution in [-0.2, 0) is 19.1 Å². The number of aromatic nitrogens is 3. The fourth-order valence-corrected chi connectivity index (χ4v) is 3.94. The summed E-state index contributed by atoms with van der Waals surface area (Å²) in [5.74, 6) is -1.24. The lowest BCUT2D eigenvalue weighted by Crippen LogP contribution is -2.42. The van der Waals surface area contributed by atoms with Crippen molar-refractivity contribution in [3.05, 3.63) is 60.3 Å². The number of aromatic amines is 1. The van der Waals surface area contributed by atoms with Crippen LogP contribution in [0.2, 0.25) is 0 Å². The Kier molecular flexibility index (Phi) is 8.15. The van der Waals surface area contributed by atoms with Gasteiger partial charge in [-0.3, -0.25) is 15.0 Å². The van der Waals surface area contributed by atoms with Gasteiger partial charge in [0.05, 0.1) is 30.8 Å². The first-order valence-corrected chi connectivity index (χ1v) is 11.7. The Morgan fingerprint density at radius 3 is 2.69 bits per heavy atom. The van der Waals surface area contributed by atoms with Crippen LogP contribution in [0, 0.1) is 5.41 Å². The number of rotatable bonds is 10. The number of phenols is 1. The minimum Gasteiger partial charge on any atom is -0.507 e. The minimum atomic E-state index is -1.17. The summed E-state index contributed by atoms with van der Waals surface area (Å²) in [6.45, 7) is 0. The van der Waals surface area contributed by atoms with Crippen molar-refractivity contribution in [1.29, 1.82) is 5.41 Å². The zero-order valence-corrected chi connectivity index (χ0v) is 21.1. The number of imidazole rings is 1. The molecule has 200 valence electrons. The number of H-pyrrole nitrogens is 1. The number of pyridine rings is 1. The Bertz CT molecular complexity index is 1550. The third kappa shape index (κ3) is 6.01. The SMILES string of the molecule is COC(=O)CC[C@H](NC(=O)c1ccc2nc(-c3cc(-c4cccnc4OC)ccc3O)[nH]c2c1)C(=O)OC=N. The van der Waals surface area contributed by atoms with E-state index in [-0.39, 0.29) is 24.2 Å². The summed E-state index contributed by atoms with van der Waals surface area (Å²) >= 11 is 0. The molecule has 0 fully saturated rings. The van der Waals surface area contributed by atoms with Crippen molar-refractivity contribution in [2.45, 2.75) is 18.9 Å². The van der Waals surface area contributed by atoms with Crippen molar-refractivity contribution in [3.63, 3.8) is 0 Å². The monoisotopic (exact) mass is 531 g/mol. The van der Waals surface area contributed by atoms with E-state index in [9.17, 15) is 19.5 Å². The van der Waals surface area contributed by atoms with E-state index >= 15 is 0 Å². The molecule has 39 heavy (non-hydrogen) atoms. The lowest BCUT2D eigenvalue weighted by Gasteiger charge is -2.15. The predicted octanol–water partition coefficient (Wildman–Crippen LogP) is 3.21. The van der Waals surface area contributed by atoms with Crippen LogP contribution in [0.3, 0.4) is 0 Å². The second-order valence-electron chi connectivity index (χ2n) is 8.31. The molecule has 4 aromatic rings. The maximum Gasteiger partial charge on any atom is 0.334 e. The van der Waals surface area contributed by atoms with Crippen molar-refractivity contribution in [2.75, 3.05) is 14.2 Å². The molecule has 4 rings (SSSR count). The third-order valence-corrected chi connectivity index (χ3v) is 5.90. The standard InChI is InChI=1S/C27H25N5O7/c1-37-23(34)10-8-20(27(36)39-14-28)32-25(35)16-5-7-19-21(13-16)31-24(30-19)18-12-15(6-9-22(18)33)17-4-3-11-29-26(17)38-2/h3-7,9,11-14,20,28,33H,8,10H2,1-2H3,(H,30,31)(H,32,35)/t20-/m0/s1. The molecule has 0 aliphatic rings. The lowest BCUT2D eigenvalue weighted by atomic mass is 10.0. The number of hydrogen-bond acceptors (Lipinski definition) is 10. The maximum atomic E-state index is 12.9. The van der Waals surface area contributed by atoms with Crippen molar-refractivity contribution >= 4 is 35.3 Å². The second kappa shape index (κ2) is 11.9. The molecule has 1 amide bonds. The number of nitrogens with zero attached hydrogens (tertiary/aromatic N) is 2. The molecular formula is C27H25N5O7. The lowest BCUT2D eigenvalue weighted by molar-refractivity contribution is -0.141. The van der Waals surface area contributed by atoms with Crippen LogP contribution in [0.15, 0.2) is 54.7 Å². The smallest absolute Gasteiger partial charge is 0.334 e. The topological polar surface area (TPSA) is 177 Å². The van der Waals surface area contributed by atoms with Crippen molar-refractivity contribution in [1.82, 2.24) is 20.3 Å². The van der Waals surface area contributed by atoms with Gasteiger partial charge in [0, 0.05) is 23.7 Å². The molecular weight excluding hydrogens is 506 g/mol. The van der Waals surface area contributed by atoms with Crippen LogP contribution in [0.1, 0.15) is 23.2 Å². The first kappa shape index (κ1) is 26.8. The normalized spacial score (nSPS) is 11.4. The first-order valence-electron chi connectivity index (χ1n) is 11.7. The van der Waals surface area contributed by atoms with Crippen LogP contribution < -0.4 is 10.1 Å². The van der Waals surface area contributed by atoms with Crippen LogP contribution >= 0.6 is 0 Å². The van der Waals surface area contributed by atoms with E-state index in [0.717, 1.165) is 11.1 Å². The fraction of sp³-hybridized carbons (Fsp3) is 0.185. The molecule has 0 radical (unpaired) electrons. The largest absolute Gasteiger partial charge is 0.507 e. The van der Waals surface area contributed by atoms with Gasteiger partial charge in [0.1, 0.15) is 17.6 Å². The van der Waals surface area contributed by atoms with Gasteiger partial charge >= 0.3 is 11.9 Å². The molecule has 0 aliphatic carbocycles. The van der Waals surface area contributed by atoms with E-state index in [1.54, 1.807) is 42.6 Å². The number of amides is 1. The molecule has 1 atom stereocenters. The summed E-state index contributed by atoms with van der Waals surface area (Å²) in [7, 11) is 2.74. The van der Waals surface area contributed by atoms with Gasteiger partial charge in [-0.2, -0.15) is 0 Å². The number of carbonyl (C=O) groups is 3. The highest BCUT2D eigenvalue weighted by Crippen LogP contribution is 2.35. The van der Waals surface area contributed by atoms with Crippen LogP contribution in [0.5, 0.6) is 11.6 Å². The number of fused-ring (bicyclic) bond motifs is 1. The average molecular weight is 532 g/mol. The highest BCUT2D eigenvalue weighted by atomic mass is 16.5. The number of phenolic OH excluding ortho intramolecular Hbond substituents is 1. The number of nitrogens with one attached hydrogen (secondary N) is 3. The summed E-state index contributed by atoms with van der Waals surface area (Å²) in [6, 6.07) is 12.2. The molecule has 4 N–H and O–H groups in total. The molecule has 2 heterocycles. The Morgan fingerprint density at radius 1 is 1.13 bits per heavy atom. The van der Waals surface area contributed by atoms with Gasteiger partial charge in [0.15, 0.2) is 6.40 Å². The maximum absolute atomic E-state index is 12.9. The highest BCUT2D eigenvalue weighted by molar-refractivity contribution is 6.00. The summed E-state index contributed by atoms with van der Waals surface area (Å²) in [4.78, 5) is 48.5. The molecule has 0 aliphatic heterocycles. The van der Waals surface area contributed by atoms with E-state index in [0.29, 0.717) is 34.7 Å². The first-order chi connectivity index (χ1) is 18.8. The zero-order valence-electron chi connectivity index (χ0n) is 21.1. The molecule has 12 heteroatoms. The van der Waals surface area contributed by atoms with Crippen molar-refractivity contribution in [2.24, 2.45) is 0 Å². The Balaban J connectivity index is 1.61. The molecule has 0 unspecified atom stereocenters. The van der Waals surface area contributed by atoms with Gasteiger partial charge in [-0.25, -0.2) is 14.8 Å². The molecule has 2 aromatic carbocycles. The average Bonchev–Trinajstić information content (AvgIpc) is 3.38. The molecule has 0 saturated carbocycles. The molecule has 12 nitrogen and oxygen atoms in total. The molecule has 0 spiro atoms. The third-order valence-electron chi connectivity index (χ3n) is 5.90. The summed E-state index contributed by atoms with van der Waals surface area (Å²) in [5.41, 5.74) is 3.17. The number of ether oxygens (including phenoxy) is 3. The fourth-order valence-electron chi connectivity index (χ4n) is 3.94. The van der Waals surface area contributed by atoms with Crippen molar-refractivity contribution < 1.29 is 33.7 Å². The van der Waals surface area contributed by atoms with E-state index in [1.165, 1.54) is 20.3 Å². The number of esters is 2. The Labute approximate surface area is 222 Å². The van der Waals surface area contributed by atoms with Crippen LogP contribution in [-0.4, -0.2) is 64.6 Å². The van der Waals surface area contributed by atoms with Crippen LogP contribution in [0.4, 0.5) is 0 Å². The Hall–Kier alpha value is -5.26. The molecule has 0 bridgehead atoms. The predicted molar refractivity (Wildman–Crippen MR) is 140 cm³/mol. The number of benzene rings is 2. The highest BCUT2D eigenvalue weighted by Gasteiger charge is 2.24. The number of hydrogen-bond donors (Lipinski definition) is 4.